The van der Waals surface area contributed by atoms with Gasteiger partial charge in [-0.1, -0.05) is 30.3 Å². The van der Waals surface area contributed by atoms with Gasteiger partial charge in [0.15, 0.2) is 0 Å². The molecule has 2 N–H and O–H groups in total. The Morgan fingerprint density at radius 1 is 1.30 bits per heavy atom. The molecule has 1 heterocycles. The number of thioether (sulfide) groups is 1. The van der Waals surface area contributed by atoms with Crippen LogP contribution in [-0.2, 0) is 17.1 Å². The van der Waals surface area contributed by atoms with Crippen LogP contribution in [0, 0.1) is 13.8 Å². The lowest BCUT2D eigenvalue weighted by Crippen LogP contribution is -2.18. The quantitative estimate of drug-likeness (QED) is 0.776. The molecule has 5 nitrogen and oxygen atoms in total. The number of nitrogens with zero attached hydrogens (tertiary/aromatic N) is 1. The Hall–Kier alpha value is -1.79. The van der Waals surface area contributed by atoms with Gasteiger partial charge in [0.1, 0.15) is 5.76 Å². The van der Waals surface area contributed by atoms with E-state index in [-0.39, 0.29) is 5.91 Å². The van der Waals surface area contributed by atoms with Crippen molar-refractivity contribution < 1.29 is 9.32 Å². The van der Waals surface area contributed by atoms with Crippen molar-refractivity contribution in [2.45, 2.75) is 33.1 Å². The molecular weight excluding hydrogens is 310 g/mol. The molecule has 124 valence electrons. The number of hydrogen-bond donors (Lipinski definition) is 2. The van der Waals surface area contributed by atoms with Gasteiger partial charge in [-0.2, -0.15) is 0 Å². The molecule has 0 aliphatic carbocycles. The Morgan fingerprint density at radius 2 is 2.09 bits per heavy atom. The number of carbonyl (C=O) groups is 1. The maximum absolute atomic E-state index is 12.1. The van der Waals surface area contributed by atoms with Gasteiger partial charge in [-0.25, -0.2) is 0 Å². The number of rotatable bonds is 8. The molecule has 0 aliphatic heterocycles. The molecule has 1 amide bonds. The van der Waals surface area contributed by atoms with Crippen LogP contribution in [0.5, 0.6) is 0 Å². The standard InChI is InChI=1S/C17H23N3O2S/c1-4-18-9-14-7-5-6-8-16(14)19-17(21)11-23-10-15-12(2)20-22-13(15)3/h5-8,18H,4,9-11H2,1-3H3,(H,19,21). The number of benzene rings is 1. The van der Waals surface area contributed by atoms with E-state index >= 15 is 0 Å². The van der Waals surface area contributed by atoms with Crippen molar-refractivity contribution in [1.82, 2.24) is 10.5 Å². The van der Waals surface area contributed by atoms with Crippen molar-refractivity contribution >= 4 is 23.4 Å². The van der Waals surface area contributed by atoms with E-state index in [0.717, 1.165) is 47.1 Å². The third-order valence-electron chi connectivity index (χ3n) is 3.52. The molecule has 2 rings (SSSR count). The van der Waals surface area contributed by atoms with Gasteiger partial charge in [0.2, 0.25) is 5.91 Å². The first-order chi connectivity index (χ1) is 11.1. The molecule has 0 aliphatic rings. The molecule has 0 atom stereocenters. The van der Waals surface area contributed by atoms with Crippen LogP contribution in [0.4, 0.5) is 5.69 Å². The number of para-hydroxylation sites is 1. The summed E-state index contributed by atoms with van der Waals surface area (Å²) in [4.78, 5) is 12.1. The summed E-state index contributed by atoms with van der Waals surface area (Å²) in [7, 11) is 0. The number of aryl methyl sites for hydroxylation is 2. The van der Waals surface area contributed by atoms with Gasteiger partial charge < -0.3 is 15.2 Å². The number of anilines is 1. The van der Waals surface area contributed by atoms with E-state index < -0.39 is 0 Å². The van der Waals surface area contributed by atoms with Crippen LogP contribution in [0.25, 0.3) is 0 Å². The summed E-state index contributed by atoms with van der Waals surface area (Å²) in [5.41, 5.74) is 3.94. The minimum atomic E-state index is 0.00529. The highest BCUT2D eigenvalue weighted by Crippen LogP contribution is 2.20. The number of amides is 1. The van der Waals surface area contributed by atoms with Gasteiger partial charge in [0, 0.05) is 23.5 Å². The zero-order valence-electron chi connectivity index (χ0n) is 13.8. The van der Waals surface area contributed by atoms with Crippen LogP contribution in [-0.4, -0.2) is 23.4 Å². The van der Waals surface area contributed by atoms with E-state index in [1.54, 1.807) is 11.8 Å². The lowest BCUT2D eigenvalue weighted by Gasteiger charge is -2.11. The van der Waals surface area contributed by atoms with E-state index in [1.165, 1.54) is 0 Å². The molecule has 23 heavy (non-hydrogen) atoms. The largest absolute Gasteiger partial charge is 0.361 e. The van der Waals surface area contributed by atoms with E-state index in [1.807, 2.05) is 38.1 Å². The molecule has 0 saturated heterocycles. The molecule has 6 heteroatoms. The molecule has 0 saturated carbocycles. The fraction of sp³-hybridized carbons (Fsp3) is 0.412. The lowest BCUT2D eigenvalue weighted by molar-refractivity contribution is -0.113. The molecule has 2 aromatic rings. The van der Waals surface area contributed by atoms with Crippen LogP contribution < -0.4 is 10.6 Å². The Morgan fingerprint density at radius 3 is 2.78 bits per heavy atom. The van der Waals surface area contributed by atoms with Crippen molar-refractivity contribution in [1.29, 1.82) is 0 Å². The smallest absolute Gasteiger partial charge is 0.234 e. The van der Waals surface area contributed by atoms with E-state index in [9.17, 15) is 4.79 Å². The number of hydrogen-bond acceptors (Lipinski definition) is 5. The summed E-state index contributed by atoms with van der Waals surface area (Å²) < 4.78 is 5.13. The Bertz CT molecular complexity index is 636. The van der Waals surface area contributed by atoms with Crippen LogP contribution in [0.15, 0.2) is 28.8 Å². The van der Waals surface area contributed by atoms with Crippen molar-refractivity contribution in [3.63, 3.8) is 0 Å². The van der Waals surface area contributed by atoms with Crippen molar-refractivity contribution in [2.75, 3.05) is 17.6 Å². The van der Waals surface area contributed by atoms with Crippen molar-refractivity contribution in [3.8, 4) is 0 Å². The lowest BCUT2D eigenvalue weighted by atomic mass is 10.1. The number of aromatic nitrogens is 1. The predicted octanol–water partition coefficient (Wildman–Crippen LogP) is 3.27. The van der Waals surface area contributed by atoms with Gasteiger partial charge in [-0.05, 0) is 32.0 Å². The highest BCUT2D eigenvalue weighted by molar-refractivity contribution is 7.99. The maximum Gasteiger partial charge on any atom is 0.234 e. The highest BCUT2D eigenvalue weighted by atomic mass is 32.2. The predicted molar refractivity (Wildman–Crippen MR) is 94.6 cm³/mol. The summed E-state index contributed by atoms with van der Waals surface area (Å²) in [6.07, 6.45) is 0. The second-order valence-electron chi connectivity index (χ2n) is 5.28. The normalized spacial score (nSPS) is 10.7. The Labute approximate surface area is 141 Å². The number of nitrogens with one attached hydrogen (secondary N) is 2. The maximum atomic E-state index is 12.1. The van der Waals surface area contributed by atoms with E-state index in [0.29, 0.717) is 5.75 Å². The zero-order chi connectivity index (χ0) is 16.7. The van der Waals surface area contributed by atoms with Gasteiger partial charge >= 0.3 is 0 Å². The first-order valence-corrected chi connectivity index (χ1v) is 8.85. The fourth-order valence-electron chi connectivity index (χ4n) is 2.20. The van der Waals surface area contributed by atoms with Crippen LogP contribution in [0.3, 0.4) is 0 Å². The van der Waals surface area contributed by atoms with Crippen LogP contribution in [0.2, 0.25) is 0 Å². The fourth-order valence-corrected chi connectivity index (χ4v) is 3.17. The summed E-state index contributed by atoms with van der Waals surface area (Å²) in [6, 6.07) is 7.87. The monoisotopic (exact) mass is 333 g/mol. The van der Waals surface area contributed by atoms with E-state index in [2.05, 4.69) is 22.7 Å². The molecule has 0 fully saturated rings. The molecule has 1 aromatic heterocycles. The molecule has 0 radical (unpaired) electrons. The molecular formula is C17H23N3O2S. The summed E-state index contributed by atoms with van der Waals surface area (Å²) in [5.74, 6) is 1.96. The van der Waals surface area contributed by atoms with Gasteiger partial charge in [-0.3, -0.25) is 4.79 Å². The topological polar surface area (TPSA) is 67.2 Å². The second kappa shape index (κ2) is 8.74. The summed E-state index contributed by atoms with van der Waals surface area (Å²) in [6.45, 7) is 7.53. The van der Waals surface area contributed by atoms with Gasteiger partial charge in [-0.15, -0.1) is 11.8 Å². The van der Waals surface area contributed by atoms with Crippen molar-refractivity contribution in [2.24, 2.45) is 0 Å². The minimum absolute atomic E-state index is 0.00529. The molecule has 0 bridgehead atoms. The summed E-state index contributed by atoms with van der Waals surface area (Å²) >= 11 is 1.56. The zero-order valence-corrected chi connectivity index (χ0v) is 14.6. The average molecular weight is 333 g/mol. The van der Waals surface area contributed by atoms with Crippen LogP contribution >= 0.6 is 11.8 Å². The molecule has 1 aromatic carbocycles. The first kappa shape index (κ1) is 17.6. The van der Waals surface area contributed by atoms with Gasteiger partial charge in [0.05, 0.1) is 11.4 Å². The molecule has 0 unspecified atom stereocenters. The van der Waals surface area contributed by atoms with Crippen LogP contribution in [0.1, 0.15) is 29.5 Å². The second-order valence-corrected chi connectivity index (χ2v) is 6.27. The Balaban J connectivity index is 1.85. The highest BCUT2D eigenvalue weighted by Gasteiger charge is 2.11. The van der Waals surface area contributed by atoms with Gasteiger partial charge in [0.25, 0.3) is 0 Å². The molecule has 0 spiro atoms. The summed E-state index contributed by atoms with van der Waals surface area (Å²) in [5, 5.41) is 10.2. The SMILES string of the molecule is CCNCc1ccccc1NC(=O)CSCc1c(C)noc1C. The number of carbonyl (C=O) groups excluding carboxylic acids is 1. The minimum Gasteiger partial charge on any atom is -0.361 e. The first-order valence-electron chi connectivity index (χ1n) is 7.69. The third-order valence-corrected chi connectivity index (χ3v) is 4.48. The average Bonchev–Trinajstić information content (AvgIpc) is 2.86. The third kappa shape index (κ3) is 5.11. The van der Waals surface area contributed by atoms with Crippen molar-refractivity contribution in [3.05, 3.63) is 46.8 Å². The van der Waals surface area contributed by atoms with E-state index in [4.69, 9.17) is 4.52 Å². The Kier molecular flexibility index (Phi) is 6.67.